The number of allylic oxidation sites excluding steroid dienone is 1. The summed E-state index contributed by atoms with van der Waals surface area (Å²) in [5, 5.41) is 10.6. The maximum Gasteiger partial charge on any atom is 0.0555 e. The number of ether oxygens (including phenoxy) is 1. The zero-order valence-electron chi connectivity index (χ0n) is 5.84. The molecule has 0 aliphatic carbocycles. The van der Waals surface area contributed by atoms with E-state index in [0.29, 0.717) is 5.57 Å². The van der Waals surface area contributed by atoms with E-state index in [2.05, 4.69) is 9.73 Å². The first kappa shape index (κ1) is 8.01. The van der Waals surface area contributed by atoms with Crippen molar-refractivity contribution in [2.75, 3.05) is 14.2 Å². The van der Waals surface area contributed by atoms with Crippen molar-refractivity contribution in [3.8, 4) is 0 Å². The van der Waals surface area contributed by atoms with Crippen LogP contribution in [-0.2, 0) is 4.74 Å². The van der Waals surface area contributed by atoms with Crippen molar-refractivity contribution in [3.63, 3.8) is 0 Å². The third-order valence-corrected chi connectivity index (χ3v) is 0.830. The summed E-state index contributed by atoms with van der Waals surface area (Å²) in [7, 11) is 2.95. The summed E-state index contributed by atoms with van der Waals surface area (Å²) < 4.78 is 4.40. The quantitative estimate of drug-likeness (QED) is 0.386. The van der Waals surface area contributed by atoms with Crippen LogP contribution >= 0.6 is 0 Å². The molecule has 0 heterocycles. The smallest absolute Gasteiger partial charge is 0.0555 e. The minimum Gasteiger partial charge on any atom is -0.616 e. The highest BCUT2D eigenvalue weighted by Gasteiger charge is 1.82. The largest absolute Gasteiger partial charge is 0.616 e. The maximum atomic E-state index is 10.6. The molecule has 3 nitrogen and oxygen atoms in total. The van der Waals surface area contributed by atoms with Gasteiger partial charge >= 0.3 is 0 Å². The monoisotopic (exact) mass is 128 g/mol. The molecule has 0 aromatic carbocycles. The van der Waals surface area contributed by atoms with Gasteiger partial charge < -0.3 is 9.84 Å². The molecule has 0 aliphatic rings. The van der Waals surface area contributed by atoms with E-state index in [1.165, 1.54) is 13.3 Å². The van der Waals surface area contributed by atoms with Crippen LogP contribution in [0.4, 0.5) is 0 Å². The van der Waals surface area contributed by atoms with Crippen molar-refractivity contribution in [2.45, 2.75) is 6.92 Å². The van der Waals surface area contributed by atoms with Gasteiger partial charge in [-0.15, -0.1) is 0 Å². The van der Waals surface area contributed by atoms with Gasteiger partial charge in [0, 0.05) is 13.3 Å². The van der Waals surface area contributed by atoms with E-state index >= 15 is 0 Å². The predicted molar refractivity (Wildman–Crippen MR) is 34.1 cm³/mol. The second-order valence-corrected chi connectivity index (χ2v) is 1.56. The Kier molecular flexibility index (Phi) is 3.51. The van der Waals surface area contributed by atoms with Gasteiger partial charge in [-0.05, 0) is 19.6 Å². The topological polar surface area (TPSA) is 44.7 Å². The van der Waals surface area contributed by atoms with Crippen molar-refractivity contribution < 1.29 is 9.84 Å². The second-order valence-electron chi connectivity index (χ2n) is 1.56. The molecule has 0 atom stereocenters. The molecule has 0 spiro atoms. The van der Waals surface area contributed by atoms with Crippen LogP contribution < -0.4 is 5.11 Å². The lowest BCUT2D eigenvalue weighted by atomic mass is 10.4. The van der Waals surface area contributed by atoms with E-state index in [0.717, 1.165) is 0 Å². The van der Waals surface area contributed by atoms with Crippen molar-refractivity contribution in [1.82, 2.24) is 0 Å². The van der Waals surface area contributed by atoms with Crippen LogP contribution in [0.25, 0.3) is 0 Å². The van der Waals surface area contributed by atoms with Gasteiger partial charge in [-0.1, -0.05) is 0 Å². The highest BCUT2D eigenvalue weighted by atomic mass is 16.6. The molecule has 0 aliphatic heterocycles. The van der Waals surface area contributed by atoms with E-state index in [1.54, 1.807) is 14.0 Å². The van der Waals surface area contributed by atoms with Crippen LogP contribution in [0.15, 0.2) is 16.5 Å². The lowest BCUT2D eigenvalue weighted by molar-refractivity contribution is -0.354. The first-order valence-corrected chi connectivity index (χ1v) is 2.56. The van der Waals surface area contributed by atoms with Crippen LogP contribution in [-0.4, -0.2) is 20.4 Å². The Bertz CT molecular complexity index is 138. The van der Waals surface area contributed by atoms with Gasteiger partial charge in [-0.2, -0.15) is 0 Å². The average Bonchev–Trinajstić information content (AvgIpc) is 1.87. The second kappa shape index (κ2) is 3.95. The Morgan fingerprint density at radius 1 is 1.67 bits per heavy atom. The molecule has 0 unspecified atom stereocenters. The Balaban J connectivity index is 4.10. The standard InChI is InChI=1S/C6H11NO2/c1-5(4-7-2)6(8)9-3/h4,8H,1-3H3/p-1/b6-5-,7-4?. The molecule has 0 aromatic heterocycles. The summed E-state index contributed by atoms with van der Waals surface area (Å²) in [4.78, 5) is 3.64. The van der Waals surface area contributed by atoms with Gasteiger partial charge in [0.1, 0.15) is 0 Å². The SMILES string of the molecule is CN=C/C(C)=C(/[O-])OC. The Hall–Kier alpha value is -0.990. The van der Waals surface area contributed by atoms with E-state index in [4.69, 9.17) is 0 Å². The molecule has 0 saturated carbocycles. The summed E-state index contributed by atoms with van der Waals surface area (Å²) in [6.45, 7) is 1.65. The molecule has 0 saturated heterocycles. The normalized spacial score (nSPS) is 13.7. The number of methoxy groups -OCH3 is 1. The molecule has 0 amide bonds. The number of aliphatic imine (C=N–C) groups is 1. The summed E-state index contributed by atoms with van der Waals surface area (Å²) in [5.74, 6) is -0.333. The third kappa shape index (κ3) is 2.74. The van der Waals surface area contributed by atoms with Crippen molar-refractivity contribution >= 4 is 6.21 Å². The number of nitrogens with zero attached hydrogens (tertiary/aromatic N) is 1. The van der Waals surface area contributed by atoms with Crippen molar-refractivity contribution in [2.24, 2.45) is 4.99 Å². The summed E-state index contributed by atoms with van der Waals surface area (Å²) in [5.41, 5.74) is 0.514. The van der Waals surface area contributed by atoms with Crippen LogP contribution in [0.2, 0.25) is 0 Å². The van der Waals surface area contributed by atoms with Gasteiger partial charge in [0.15, 0.2) is 0 Å². The van der Waals surface area contributed by atoms with Gasteiger partial charge in [0.25, 0.3) is 0 Å². The molecular formula is C6H10NO2-. The number of hydrogen-bond donors (Lipinski definition) is 0. The van der Waals surface area contributed by atoms with Gasteiger partial charge in [-0.3, -0.25) is 4.99 Å². The third-order valence-electron chi connectivity index (χ3n) is 0.830. The Labute approximate surface area is 54.7 Å². The molecule has 9 heavy (non-hydrogen) atoms. The predicted octanol–water partition coefficient (Wildman–Crippen LogP) is -0.0748. The molecule has 0 rings (SSSR count). The number of hydrogen-bond acceptors (Lipinski definition) is 3. The summed E-state index contributed by atoms with van der Waals surface area (Å²) in [6.07, 6.45) is 1.46. The fraction of sp³-hybridized carbons (Fsp3) is 0.500. The summed E-state index contributed by atoms with van der Waals surface area (Å²) >= 11 is 0. The van der Waals surface area contributed by atoms with E-state index < -0.39 is 0 Å². The molecule has 0 radical (unpaired) electrons. The molecule has 52 valence electrons. The lowest BCUT2D eigenvalue weighted by Gasteiger charge is -2.09. The van der Waals surface area contributed by atoms with Gasteiger partial charge in [0.05, 0.1) is 5.95 Å². The molecule has 0 aromatic rings. The first-order valence-electron chi connectivity index (χ1n) is 2.56. The summed E-state index contributed by atoms with van der Waals surface area (Å²) in [6, 6.07) is 0. The zero-order valence-corrected chi connectivity index (χ0v) is 5.84. The molecule has 0 N–H and O–H groups in total. The van der Waals surface area contributed by atoms with Crippen LogP contribution in [0, 0.1) is 0 Å². The zero-order chi connectivity index (χ0) is 7.28. The van der Waals surface area contributed by atoms with E-state index in [9.17, 15) is 5.11 Å². The van der Waals surface area contributed by atoms with Crippen LogP contribution in [0.5, 0.6) is 0 Å². The molecular weight excluding hydrogens is 118 g/mol. The number of rotatable bonds is 2. The fourth-order valence-electron chi connectivity index (χ4n) is 0.407. The Morgan fingerprint density at radius 2 is 2.22 bits per heavy atom. The lowest BCUT2D eigenvalue weighted by Crippen LogP contribution is -2.08. The Morgan fingerprint density at radius 3 is 2.56 bits per heavy atom. The van der Waals surface area contributed by atoms with E-state index in [1.807, 2.05) is 0 Å². The first-order chi connectivity index (χ1) is 4.22. The highest BCUT2D eigenvalue weighted by molar-refractivity contribution is 5.77. The van der Waals surface area contributed by atoms with Gasteiger partial charge in [-0.25, -0.2) is 0 Å². The van der Waals surface area contributed by atoms with Crippen LogP contribution in [0.3, 0.4) is 0 Å². The van der Waals surface area contributed by atoms with E-state index in [-0.39, 0.29) is 5.95 Å². The maximum absolute atomic E-state index is 10.6. The van der Waals surface area contributed by atoms with Gasteiger partial charge in [0.2, 0.25) is 0 Å². The van der Waals surface area contributed by atoms with Crippen LogP contribution in [0.1, 0.15) is 6.92 Å². The molecule has 0 bridgehead atoms. The highest BCUT2D eigenvalue weighted by Crippen LogP contribution is 1.92. The molecule has 3 heteroatoms. The average molecular weight is 128 g/mol. The minimum absolute atomic E-state index is 0.333. The fourth-order valence-corrected chi connectivity index (χ4v) is 0.407. The van der Waals surface area contributed by atoms with Crippen molar-refractivity contribution in [1.29, 1.82) is 0 Å². The minimum atomic E-state index is -0.333. The van der Waals surface area contributed by atoms with Crippen molar-refractivity contribution in [3.05, 3.63) is 11.5 Å². The molecule has 0 fully saturated rings.